The summed E-state index contributed by atoms with van der Waals surface area (Å²) in [6.45, 7) is 2.42. The van der Waals surface area contributed by atoms with E-state index in [4.69, 9.17) is 23.6 Å². The Bertz CT molecular complexity index is 865. The molecule has 0 aliphatic carbocycles. The van der Waals surface area contributed by atoms with Crippen LogP contribution in [0.2, 0.25) is 0 Å². The molecule has 3 N–H and O–H groups in total. The standard InChI is InChI=1S/C42H83O10P.Na/c1-3-5-7-9-11-13-15-17-19-21-23-25-27-29-31-33-41(45)49-37-40(38-51-53(47,48)50-36-39(44)35-43)52-42(46)34-32-30-28-26-24-22-20-18-16-14-12-10-8-6-4-2;/h39-40,43-44H,3-38H2,1-2H3,(H,47,48);. The molecular weight excluding hydrogens is 718 g/mol. The molecule has 0 aromatic carbocycles. The number of rotatable bonds is 42. The Kier molecular flexibility index (Phi) is 44.2. The molecule has 0 fully saturated rings. The van der Waals surface area contributed by atoms with Crippen molar-refractivity contribution in [3.05, 3.63) is 0 Å². The maximum Gasteiger partial charge on any atom is 0.472 e. The SMILES string of the molecule is CCCCCCCCCCCCCCCCCC(=O)OCC(COP(=O)(O)OCC(O)CO)OC(=O)CCCCCCCCCCCCCCCCC.[Na]. The molecule has 0 bridgehead atoms. The fraction of sp³-hybridized carbons (Fsp3) is 0.952. The minimum absolute atomic E-state index is 0. The van der Waals surface area contributed by atoms with E-state index in [0.717, 1.165) is 32.1 Å². The molecule has 0 rings (SSSR count). The van der Waals surface area contributed by atoms with Crippen molar-refractivity contribution >= 4 is 49.3 Å². The minimum atomic E-state index is -4.61. The summed E-state index contributed by atoms with van der Waals surface area (Å²) in [6.07, 6.45) is 34.9. The molecule has 3 atom stereocenters. The summed E-state index contributed by atoms with van der Waals surface area (Å²) in [4.78, 5) is 35.0. The number of carbonyl (C=O) groups is 2. The minimum Gasteiger partial charge on any atom is -0.462 e. The molecular formula is C42H83NaO10P. The van der Waals surface area contributed by atoms with Gasteiger partial charge in [-0.2, -0.15) is 0 Å². The molecule has 0 saturated carbocycles. The molecule has 0 aliphatic heterocycles. The summed E-state index contributed by atoms with van der Waals surface area (Å²) < 4.78 is 32.7. The van der Waals surface area contributed by atoms with E-state index in [1.165, 1.54) is 148 Å². The number of ether oxygens (including phenoxy) is 2. The molecule has 0 saturated heterocycles. The number of phosphoric ester groups is 1. The van der Waals surface area contributed by atoms with Gasteiger partial charge in [0.2, 0.25) is 0 Å². The fourth-order valence-corrected chi connectivity index (χ4v) is 7.14. The van der Waals surface area contributed by atoms with Crippen LogP contribution in [0.25, 0.3) is 0 Å². The van der Waals surface area contributed by atoms with Crippen LogP contribution in [0, 0.1) is 0 Å². The van der Waals surface area contributed by atoms with Gasteiger partial charge in [0.15, 0.2) is 6.10 Å². The van der Waals surface area contributed by atoms with Crippen LogP contribution in [-0.4, -0.2) is 95.2 Å². The largest absolute Gasteiger partial charge is 0.472 e. The van der Waals surface area contributed by atoms with Crippen molar-refractivity contribution in [3.8, 4) is 0 Å². The maximum atomic E-state index is 12.6. The third-order valence-electron chi connectivity index (χ3n) is 9.76. The van der Waals surface area contributed by atoms with Crippen LogP contribution in [0.15, 0.2) is 0 Å². The van der Waals surface area contributed by atoms with E-state index < -0.39 is 51.8 Å². The van der Waals surface area contributed by atoms with E-state index in [9.17, 15) is 24.2 Å². The average molecular weight is 802 g/mol. The summed E-state index contributed by atoms with van der Waals surface area (Å²) in [5.41, 5.74) is 0. The topological polar surface area (TPSA) is 149 Å². The first-order valence-electron chi connectivity index (χ1n) is 22.0. The zero-order valence-corrected chi connectivity index (χ0v) is 38.2. The van der Waals surface area contributed by atoms with E-state index in [0.29, 0.717) is 12.8 Å². The Labute approximate surface area is 353 Å². The molecule has 0 heterocycles. The molecule has 10 nitrogen and oxygen atoms in total. The molecule has 1 radical (unpaired) electrons. The second-order valence-corrected chi connectivity index (χ2v) is 16.5. The van der Waals surface area contributed by atoms with Gasteiger partial charge in [0.25, 0.3) is 0 Å². The van der Waals surface area contributed by atoms with Crippen LogP contribution < -0.4 is 0 Å². The van der Waals surface area contributed by atoms with Gasteiger partial charge in [-0.25, -0.2) is 4.57 Å². The summed E-state index contributed by atoms with van der Waals surface area (Å²) in [5, 5.41) is 18.3. The smallest absolute Gasteiger partial charge is 0.462 e. The molecule has 54 heavy (non-hydrogen) atoms. The molecule has 317 valence electrons. The van der Waals surface area contributed by atoms with Crippen molar-refractivity contribution < 1.29 is 47.8 Å². The van der Waals surface area contributed by atoms with E-state index >= 15 is 0 Å². The van der Waals surface area contributed by atoms with Crippen LogP contribution in [0.4, 0.5) is 0 Å². The van der Waals surface area contributed by atoms with Crippen molar-refractivity contribution in [1.82, 2.24) is 0 Å². The summed E-state index contributed by atoms with van der Waals surface area (Å²) in [6, 6.07) is 0. The van der Waals surface area contributed by atoms with Gasteiger partial charge in [0.05, 0.1) is 19.8 Å². The van der Waals surface area contributed by atoms with Crippen molar-refractivity contribution in [3.63, 3.8) is 0 Å². The average Bonchev–Trinajstić information content (AvgIpc) is 3.14. The number of esters is 2. The monoisotopic (exact) mass is 802 g/mol. The first-order valence-corrected chi connectivity index (χ1v) is 23.5. The Morgan fingerprint density at radius 1 is 0.500 bits per heavy atom. The molecule has 0 aromatic heterocycles. The van der Waals surface area contributed by atoms with Gasteiger partial charge in [0.1, 0.15) is 12.7 Å². The maximum absolute atomic E-state index is 12.6. The summed E-state index contributed by atoms with van der Waals surface area (Å²) in [5.74, 6) is -0.909. The number of aliphatic hydroxyl groups is 2. The van der Waals surface area contributed by atoms with E-state index in [-0.39, 0.29) is 49.0 Å². The molecule has 12 heteroatoms. The van der Waals surface area contributed by atoms with E-state index in [1.807, 2.05) is 0 Å². The van der Waals surface area contributed by atoms with Gasteiger partial charge in [-0.15, -0.1) is 0 Å². The Balaban J connectivity index is 0. The number of aliphatic hydroxyl groups excluding tert-OH is 2. The number of unbranched alkanes of at least 4 members (excludes halogenated alkanes) is 28. The predicted molar refractivity (Wildman–Crippen MR) is 221 cm³/mol. The van der Waals surface area contributed by atoms with Crippen LogP contribution in [0.5, 0.6) is 0 Å². The second-order valence-electron chi connectivity index (χ2n) is 15.1. The van der Waals surface area contributed by atoms with Crippen LogP contribution in [-0.2, 0) is 32.7 Å². The van der Waals surface area contributed by atoms with Gasteiger partial charge < -0.3 is 24.6 Å². The summed E-state index contributed by atoms with van der Waals surface area (Å²) >= 11 is 0. The van der Waals surface area contributed by atoms with E-state index in [1.54, 1.807) is 0 Å². The van der Waals surface area contributed by atoms with Gasteiger partial charge in [-0.1, -0.05) is 194 Å². The van der Waals surface area contributed by atoms with Crippen LogP contribution in [0.3, 0.4) is 0 Å². The quantitative estimate of drug-likeness (QED) is 0.0236. The van der Waals surface area contributed by atoms with Crippen molar-refractivity contribution in [2.75, 3.05) is 26.4 Å². The van der Waals surface area contributed by atoms with Crippen molar-refractivity contribution in [1.29, 1.82) is 0 Å². The first kappa shape index (κ1) is 56.1. The fourth-order valence-electron chi connectivity index (χ4n) is 6.35. The predicted octanol–water partition coefficient (Wildman–Crippen LogP) is 11.1. The van der Waals surface area contributed by atoms with Crippen LogP contribution >= 0.6 is 7.82 Å². The molecule has 0 amide bonds. The molecule has 0 aliphatic rings. The van der Waals surface area contributed by atoms with Gasteiger partial charge in [-0.05, 0) is 12.8 Å². The summed E-state index contributed by atoms with van der Waals surface area (Å²) in [7, 11) is -4.61. The van der Waals surface area contributed by atoms with Crippen molar-refractivity contribution in [2.24, 2.45) is 0 Å². The van der Waals surface area contributed by atoms with Gasteiger partial charge >= 0.3 is 19.8 Å². The number of hydrogen-bond acceptors (Lipinski definition) is 9. The van der Waals surface area contributed by atoms with Gasteiger partial charge in [-0.3, -0.25) is 18.6 Å². The first-order chi connectivity index (χ1) is 25.7. The number of hydrogen-bond donors (Lipinski definition) is 3. The number of phosphoric acid groups is 1. The van der Waals surface area contributed by atoms with Crippen LogP contribution in [0.1, 0.15) is 219 Å². The molecule has 0 spiro atoms. The zero-order valence-electron chi connectivity index (χ0n) is 35.3. The third-order valence-corrected chi connectivity index (χ3v) is 10.7. The third kappa shape index (κ3) is 41.6. The Hall–Kier alpha value is -0.0300. The normalized spacial score (nSPS) is 13.6. The van der Waals surface area contributed by atoms with Crippen molar-refractivity contribution in [2.45, 2.75) is 232 Å². The van der Waals surface area contributed by atoms with Gasteiger partial charge in [0, 0.05) is 42.4 Å². The second kappa shape index (κ2) is 42.6. The molecule has 0 aromatic rings. The Morgan fingerprint density at radius 2 is 0.815 bits per heavy atom. The Morgan fingerprint density at radius 3 is 1.17 bits per heavy atom. The molecule has 3 unspecified atom stereocenters. The van der Waals surface area contributed by atoms with E-state index in [2.05, 4.69) is 13.8 Å². The number of carbonyl (C=O) groups excluding carboxylic acids is 2. The zero-order chi connectivity index (χ0) is 39.1.